The predicted octanol–water partition coefficient (Wildman–Crippen LogP) is 1.60. The van der Waals surface area contributed by atoms with E-state index < -0.39 is 39.6 Å². The van der Waals surface area contributed by atoms with Crippen LogP contribution in [0.3, 0.4) is 0 Å². The van der Waals surface area contributed by atoms with Crippen molar-refractivity contribution < 1.29 is 22.7 Å². The summed E-state index contributed by atoms with van der Waals surface area (Å²) in [6, 6.07) is 5.44. The van der Waals surface area contributed by atoms with Crippen molar-refractivity contribution in [2.75, 3.05) is 0 Å². The van der Waals surface area contributed by atoms with Crippen LogP contribution in [0.1, 0.15) is 47.1 Å². The van der Waals surface area contributed by atoms with E-state index in [1.165, 1.54) is 13.0 Å². The van der Waals surface area contributed by atoms with Gasteiger partial charge < -0.3 is 10.1 Å². The normalized spacial score (nSPS) is 18.9. The summed E-state index contributed by atoms with van der Waals surface area (Å²) in [5, 5.41) is 2.75. The Morgan fingerprint density at radius 3 is 2.32 bits per heavy atom. The van der Waals surface area contributed by atoms with Crippen LogP contribution >= 0.6 is 0 Å². The Morgan fingerprint density at radius 2 is 1.75 bits per heavy atom. The molecule has 0 aromatic heterocycles. The molecular weight excluding hydrogens is 382 g/mol. The molecule has 1 heterocycles. The predicted molar refractivity (Wildman–Crippen MR) is 105 cm³/mol. The van der Waals surface area contributed by atoms with E-state index in [1.54, 1.807) is 32.0 Å². The molecule has 1 amide bonds. The van der Waals surface area contributed by atoms with Crippen LogP contribution in [0.5, 0.6) is 0 Å². The minimum absolute atomic E-state index is 0.0954. The van der Waals surface area contributed by atoms with Gasteiger partial charge in [-0.3, -0.25) is 14.5 Å². The smallest absolute Gasteiger partial charge is 0.331 e. The van der Waals surface area contributed by atoms with E-state index in [0.29, 0.717) is 5.56 Å². The van der Waals surface area contributed by atoms with Crippen molar-refractivity contribution in [3.05, 3.63) is 29.8 Å². The molecule has 0 spiro atoms. The minimum Gasteiger partial charge on any atom is -0.451 e. The first-order chi connectivity index (χ1) is 12.8. The third-order valence-corrected chi connectivity index (χ3v) is 5.36. The molecule has 1 aromatic rings. The van der Waals surface area contributed by atoms with Gasteiger partial charge in [0.05, 0.1) is 4.90 Å². The van der Waals surface area contributed by atoms with Gasteiger partial charge in [-0.1, -0.05) is 26.0 Å². The van der Waals surface area contributed by atoms with Crippen LogP contribution < -0.4 is 10.0 Å². The van der Waals surface area contributed by atoms with E-state index >= 15 is 0 Å². The number of benzene rings is 1. The number of nitrogens with zero attached hydrogens (tertiary/aromatic N) is 1. The van der Waals surface area contributed by atoms with E-state index in [-0.39, 0.29) is 16.6 Å². The summed E-state index contributed by atoms with van der Waals surface area (Å²) in [4.78, 5) is 29.2. The summed E-state index contributed by atoms with van der Waals surface area (Å²) in [5.74, 6) is -1.28. The topological polar surface area (TPSA) is 114 Å². The van der Waals surface area contributed by atoms with Crippen molar-refractivity contribution in [2.45, 2.75) is 64.1 Å². The Balaban J connectivity index is 2.24. The summed E-state index contributed by atoms with van der Waals surface area (Å²) >= 11 is 0. The van der Waals surface area contributed by atoms with Gasteiger partial charge in [0.25, 0.3) is 15.9 Å². The summed E-state index contributed by atoms with van der Waals surface area (Å²) in [6.45, 7) is 10.5. The van der Waals surface area contributed by atoms with Gasteiger partial charge in [-0.2, -0.15) is 0 Å². The molecule has 0 saturated carbocycles. The molecular formula is C19H27N3O5S. The van der Waals surface area contributed by atoms with Gasteiger partial charge in [-0.15, -0.1) is 0 Å². The molecule has 0 aliphatic carbocycles. The molecule has 1 aliphatic heterocycles. The van der Waals surface area contributed by atoms with Crippen LogP contribution in [0.4, 0.5) is 0 Å². The monoisotopic (exact) mass is 409 g/mol. The lowest BCUT2D eigenvalue weighted by molar-refractivity contribution is -0.157. The summed E-state index contributed by atoms with van der Waals surface area (Å²) < 4.78 is 32.1. The van der Waals surface area contributed by atoms with Gasteiger partial charge in [0.15, 0.2) is 12.1 Å². The molecule has 8 nitrogen and oxygen atoms in total. The third-order valence-electron chi connectivity index (χ3n) is 3.96. The Morgan fingerprint density at radius 1 is 1.14 bits per heavy atom. The number of hydrogen-bond acceptors (Lipinski definition) is 6. The number of carbonyl (C=O) groups is 2. The average Bonchev–Trinajstić information content (AvgIpc) is 2.81. The maximum Gasteiger partial charge on any atom is 0.331 e. The zero-order valence-electron chi connectivity index (χ0n) is 16.9. The molecule has 1 aromatic carbocycles. The van der Waals surface area contributed by atoms with E-state index in [4.69, 9.17) is 4.74 Å². The molecule has 0 unspecified atom stereocenters. The number of carbonyl (C=O) groups excluding carboxylic acids is 2. The third kappa shape index (κ3) is 5.09. The van der Waals surface area contributed by atoms with Crippen molar-refractivity contribution >= 4 is 27.7 Å². The standard InChI is InChI=1S/C19H27N3O5S/c1-11(2)15(18(24)27-12(3)17(23)21-19(4,5)6)20-16-13-9-7-8-10-14(13)28(25,26)22-16/h7-12,15H,1-6H3,(H,20,22)(H,21,23)/t12-,15-/m0/s1. The van der Waals surface area contributed by atoms with Crippen LogP contribution in [0.15, 0.2) is 34.2 Å². The van der Waals surface area contributed by atoms with Crippen molar-refractivity contribution in [1.82, 2.24) is 10.0 Å². The van der Waals surface area contributed by atoms with Crippen molar-refractivity contribution in [2.24, 2.45) is 10.9 Å². The van der Waals surface area contributed by atoms with E-state index in [2.05, 4.69) is 15.0 Å². The number of nitrogens with one attached hydrogen (secondary N) is 2. The Hall–Kier alpha value is -2.42. The summed E-state index contributed by atoms with van der Waals surface area (Å²) in [6.07, 6.45) is -0.999. The molecule has 28 heavy (non-hydrogen) atoms. The number of hydrogen-bond donors (Lipinski definition) is 2. The van der Waals surface area contributed by atoms with Gasteiger partial charge in [-0.25, -0.2) is 13.2 Å². The van der Waals surface area contributed by atoms with E-state index in [0.717, 1.165) is 0 Å². The van der Waals surface area contributed by atoms with Crippen LogP contribution in [-0.4, -0.2) is 43.8 Å². The molecule has 0 saturated heterocycles. The number of fused-ring (bicyclic) bond motifs is 1. The first-order valence-electron chi connectivity index (χ1n) is 9.04. The SMILES string of the molecule is CC(C)[C@H](N=C1NS(=O)(=O)c2ccccc21)C(=O)O[C@@H](C)C(=O)NC(C)(C)C. The second kappa shape index (κ2) is 7.90. The summed E-state index contributed by atoms with van der Waals surface area (Å²) in [7, 11) is -3.71. The number of rotatable bonds is 5. The number of aliphatic imine (C=N–C) groups is 1. The highest BCUT2D eigenvalue weighted by Crippen LogP contribution is 2.23. The highest BCUT2D eigenvalue weighted by molar-refractivity contribution is 7.90. The second-order valence-corrected chi connectivity index (χ2v) is 9.74. The lowest BCUT2D eigenvalue weighted by Crippen LogP contribution is -2.47. The van der Waals surface area contributed by atoms with Gasteiger partial charge in [0, 0.05) is 11.1 Å². The fourth-order valence-corrected chi connectivity index (χ4v) is 3.85. The molecule has 2 rings (SSSR count). The number of amidine groups is 1. The zero-order valence-corrected chi connectivity index (χ0v) is 17.8. The minimum atomic E-state index is -3.71. The molecule has 1 aliphatic rings. The Kier molecular flexibility index (Phi) is 6.18. The van der Waals surface area contributed by atoms with Gasteiger partial charge in [0.2, 0.25) is 0 Å². The van der Waals surface area contributed by atoms with Crippen LogP contribution in [0.25, 0.3) is 0 Å². The molecule has 0 fully saturated rings. The lowest BCUT2D eigenvalue weighted by atomic mass is 10.0. The zero-order chi connectivity index (χ0) is 21.3. The largest absolute Gasteiger partial charge is 0.451 e. The van der Waals surface area contributed by atoms with Crippen molar-refractivity contribution in [1.29, 1.82) is 0 Å². The first-order valence-corrected chi connectivity index (χ1v) is 10.5. The van der Waals surface area contributed by atoms with Gasteiger partial charge >= 0.3 is 5.97 Å². The quantitative estimate of drug-likeness (QED) is 0.717. The Bertz CT molecular complexity index is 900. The highest BCUT2D eigenvalue weighted by Gasteiger charge is 2.34. The Labute approximate surface area is 165 Å². The molecule has 2 N–H and O–H groups in total. The van der Waals surface area contributed by atoms with Crippen LogP contribution in [0.2, 0.25) is 0 Å². The van der Waals surface area contributed by atoms with Crippen molar-refractivity contribution in [3.8, 4) is 0 Å². The van der Waals surface area contributed by atoms with E-state index in [1.807, 2.05) is 20.8 Å². The maximum atomic E-state index is 12.6. The molecule has 0 bridgehead atoms. The summed E-state index contributed by atoms with van der Waals surface area (Å²) in [5.41, 5.74) is -0.0548. The molecule has 0 radical (unpaired) electrons. The number of esters is 1. The van der Waals surface area contributed by atoms with Gasteiger partial charge in [-0.05, 0) is 45.7 Å². The highest BCUT2D eigenvalue weighted by atomic mass is 32.2. The fourth-order valence-electron chi connectivity index (χ4n) is 2.61. The molecule has 2 atom stereocenters. The van der Waals surface area contributed by atoms with Crippen LogP contribution in [-0.2, 0) is 24.3 Å². The first kappa shape index (κ1) is 21.9. The molecule has 9 heteroatoms. The average molecular weight is 410 g/mol. The van der Waals surface area contributed by atoms with Gasteiger partial charge in [0.1, 0.15) is 5.84 Å². The van der Waals surface area contributed by atoms with Crippen molar-refractivity contribution in [3.63, 3.8) is 0 Å². The number of ether oxygens (including phenoxy) is 1. The number of amides is 1. The lowest BCUT2D eigenvalue weighted by Gasteiger charge is -2.24. The molecule has 154 valence electrons. The fraction of sp³-hybridized carbons (Fsp3) is 0.526. The van der Waals surface area contributed by atoms with Crippen LogP contribution in [0, 0.1) is 5.92 Å². The second-order valence-electron chi connectivity index (χ2n) is 8.09. The maximum absolute atomic E-state index is 12.6. The number of sulfonamides is 1. The van der Waals surface area contributed by atoms with E-state index in [9.17, 15) is 18.0 Å².